The third kappa shape index (κ3) is 4.22. The highest BCUT2D eigenvalue weighted by Gasteiger charge is 2.22. The second-order valence-electron chi connectivity index (χ2n) is 5.33. The number of allylic oxidation sites excluding steroid dienone is 1. The van der Waals surface area contributed by atoms with Gasteiger partial charge in [0.25, 0.3) is 0 Å². The minimum absolute atomic E-state index is 0.211. The molecule has 0 unspecified atom stereocenters. The van der Waals surface area contributed by atoms with E-state index in [4.69, 9.17) is 4.74 Å². The zero-order valence-electron chi connectivity index (χ0n) is 12.8. The van der Waals surface area contributed by atoms with Gasteiger partial charge in [-0.3, -0.25) is 4.90 Å². The molecule has 1 aliphatic rings. The minimum atomic E-state index is 0.211. The number of hydrogen-bond donors (Lipinski definition) is 2. The predicted molar refractivity (Wildman–Crippen MR) is 85.9 cm³/mol. The number of nitrogens with one attached hydrogen (secondary N) is 1. The van der Waals surface area contributed by atoms with Crippen LogP contribution in [-0.2, 0) is 0 Å². The number of phenolic OH excluding ortho intramolecular Hbond substituents is 1. The lowest BCUT2D eigenvalue weighted by molar-refractivity contribution is 0.165. The summed E-state index contributed by atoms with van der Waals surface area (Å²) >= 11 is 0. The summed E-state index contributed by atoms with van der Waals surface area (Å²) in [6, 6.07) is 6.08. The van der Waals surface area contributed by atoms with Crippen molar-refractivity contribution in [3.8, 4) is 11.5 Å². The van der Waals surface area contributed by atoms with E-state index in [2.05, 4.69) is 16.8 Å². The molecule has 1 aliphatic heterocycles. The van der Waals surface area contributed by atoms with Crippen LogP contribution < -0.4 is 10.1 Å². The number of nitrogens with zero attached hydrogens (tertiary/aromatic N) is 1. The first-order valence-electron chi connectivity index (χ1n) is 7.77. The van der Waals surface area contributed by atoms with Gasteiger partial charge in [0.2, 0.25) is 0 Å². The molecule has 1 saturated heterocycles. The van der Waals surface area contributed by atoms with Crippen molar-refractivity contribution in [3.05, 3.63) is 36.4 Å². The number of benzene rings is 1. The number of aromatic hydroxyl groups is 1. The predicted octanol–water partition coefficient (Wildman–Crippen LogP) is 2.70. The zero-order valence-corrected chi connectivity index (χ0v) is 12.8. The van der Waals surface area contributed by atoms with E-state index >= 15 is 0 Å². The SMILES string of the molecule is C=CCC[C@H](c1ccc(O)c(OCC)c1)N1CCNCC1. The summed E-state index contributed by atoms with van der Waals surface area (Å²) in [5.41, 5.74) is 1.21. The quantitative estimate of drug-likeness (QED) is 0.758. The Bertz CT molecular complexity index is 456. The van der Waals surface area contributed by atoms with E-state index in [0.29, 0.717) is 18.4 Å². The van der Waals surface area contributed by atoms with E-state index < -0.39 is 0 Å². The summed E-state index contributed by atoms with van der Waals surface area (Å²) in [7, 11) is 0. The maximum absolute atomic E-state index is 9.87. The van der Waals surface area contributed by atoms with E-state index in [1.807, 2.05) is 25.1 Å². The third-order valence-electron chi connectivity index (χ3n) is 3.91. The number of phenols is 1. The molecule has 1 fully saturated rings. The standard InChI is InChI=1S/C17H26N2O2/c1-3-5-6-15(19-11-9-18-10-12-19)14-7-8-16(20)17(13-14)21-4-2/h3,7-8,13,15,18,20H,1,4-6,9-12H2,2H3/t15-/m1/s1. The van der Waals surface area contributed by atoms with Gasteiger partial charge in [-0.2, -0.15) is 0 Å². The molecule has 1 atom stereocenters. The fourth-order valence-electron chi connectivity index (χ4n) is 2.84. The molecule has 2 rings (SSSR count). The number of rotatable bonds is 7. The lowest BCUT2D eigenvalue weighted by Crippen LogP contribution is -2.45. The molecule has 0 aliphatic carbocycles. The highest BCUT2D eigenvalue weighted by atomic mass is 16.5. The second kappa shape index (κ2) is 8.05. The van der Waals surface area contributed by atoms with E-state index in [1.165, 1.54) is 5.56 Å². The molecule has 0 radical (unpaired) electrons. The van der Waals surface area contributed by atoms with Crippen molar-refractivity contribution in [1.82, 2.24) is 10.2 Å². The molecule has 0 aromatic heterocycles. The average Bonchev–Trinajstić information content (AvgIpc) is 2.52. The van der Waals surface area contributed by atoms with Crippen molar-refractivity contribution in [2.75, 3.05) is 32.8 Å². The first kappa shape index (κ1) is 15.9. The summed E-state index contributed by atoms with van der Waals surface area (Å²) in [6.45, 7) is 10.5. The fraction of sp³-hybridized carbons (Fsp3) is 0.529. The highest BCUT2D eigenvalue weighted by molar-refractivity contribution is 5.42. The van der Waals surface area contributed by atoms with Crippen LogP contribution in [0.4, 0.5) is 0 Å². The molecule has 116 valence electrons. The zero-order chi connectivity index (χ0) is 15.1. The van der Waals surface area contributed by atoms with Gasteiger partial charge >= 0.3 is 0 Å². The average molecular weight is 290 g/mol. The smallest absolute Gasteiger partial charge is 0.161 e. The Labute approximate surface area is 127 Å². The Balaban J connectivity index is 2.21. The summed E-state index contributed by atoms with van der Waals surface area (Å²) in [5, 5.41) is 13.3. The molecule has 2 N–H and O–H groups in total. The van der Waals surface area contributed by atoms with Crippen LogP contribution in [0.2, 0.25) is 0 Å². The van der Waals surface area contributed by atoms with Gasteiger partial charge in [0.15, 0.2) is 11.5 Å². The Morgan fingerprint density at radius 3 is 2.86 bits per heavy atom. The molecule has 0 bridgehead atoms. The van der Waals surface area contributed by atoms with E-state index in [0.717, 1.165) is 39.0 Å². The van der Waals surface area contributed by atoms with Crippen LogP contribution >= 0.6 is 0 Å². The Morgan fingerprint density at radius 1 is 1.43 bits per heavy atom. The van der Waals surface area contributed by atoms with Crippen molar-refractivity contribution in [1.29, 1.82) is 0 Å². The normalized spacial score (nSPS) is 17.4. The summed E-state index contributed by atoms with van der Waals surface area (Å²) in [4.78, 5) is 2.50. The van der Waals surface area contributed by atoms with E-state index in [1.54, 1.807) is 6.07 Å². The molecular formula is C17H26N2O2. The molecular weight excluding hydrogens is 264 g/mol. The summed E-state index contributed by atoms with van der Waals surface area (Å²) in [6.07, 6.45) is 4.00. The molecule has 0 saturated carbocycles. The summed E-state index contributed by atoms with van der Waals surface area (Å²) < 4.78 is 5.52. The van der Waals surface area contributed by atoms with Crippen LogP contribution in [0.25, 0.3) is 0 Å². The van der Waals surface area contributed by atoms with Crippen LogP contribution in [0.5, 0.6) is 11.5 Å². The van der Waals surface area contributed by atoms with Gasteiger partial charge in [-0.1, -0.05) is 12.1 Å². The van der Waals surface area contributed by atoms with Crippen molar-refractivity contribution >= 4 is 0 Å². The molecule has 4 heteroatoms. The van der Waals surface area contributed by atoms with Crippen LogP contribution in [0.1, 0.15) is 31.4 Å². The van der Waals surface area contributed by atoms with Gasteiger partial charge in [-0.05, 0) is 37.5 Å². The second-order valence-corrected chi connectivity index (χ2v) is 5.33. The number of piperazine rings is 1. The molecule has 1 heterocycles. The van der Waals surface area contributed by atoms with E-state index in [9.17, 15) is 5.11 Å². The fourth-order valence-corrected chi connectivity index (χ4v) is 2.84. The van der Waals surface area contributed by atoms with Gasteiger partial charge in [0.05, 0.1) is 6.61 Å². The first-order chi connectivity index (χ1) is 10.3. The Kier molecular flexibility index (Phi) is 6.08. The van der Waals surface area contributed by atoms with Crippen molar-refractivity contribution in [2.24, 2.45) is 0 Å². The van der Waals surface area contributed by atoms with E-state index in [-0.39, 0.29) is 5.75 Å². The largest absolute Gasteiger partial charge is 0.504 e. The maximum Gasteiger partial charge on any atom is 0.161 e. The Hall–Kier alpha value is -1.52. The summed E-state index contributed by atoms with van der Waals surface area (Å²) in [5.74, 6) is 0.789. The van der Waals surface area contributed by atoms with Crippen molar-refractivity contribution in [2.45, 2.75) is 25.8 Å². The minimum Gasteiger partial charge on any atom is -0.504 e. The van der Waals surface area contributed by atoms with Crippen LogP contribution in [0, 0.1) is 0 Å². The molecule has 21 heavy (non-hydrogen) atoms. The number of ether oxygens (including phenoxy) is 1. The molecule has 1 aromatic carbocycles. The number of hydrogen-bond acceptors (Lipinski definition) is 4. The van der Waals surface area contributed by atoms with Crippen LogP contribution in [0.15, 0.2) is 30.9 Å². The topological polar surface area (TPSA) is 44.7 Å². The van der Waals surface area contributed by atoms with Gasteiger partial charge in [0, 0.05) is 32.2 Å². The van der Waals surface area contributed by atoms with Gasteiger partial charge in [0.1, 0.15) is 0 Å². The third-order valence-corrected chi connectivity index (χ3v) is 3.91. The lowest BCUT2D eigenvalue weighted by atomic mass is 9.99. The van der Waals surface area contributed by atoms with Crippen LogP contribution in [-0.4, -0.2) is 42.8 Å². The maximum atomic E-state index is 9.87. The molecule has 0 amide bonds. The molecule has 4 nitrogen and oxygen atoms in total. The van der Waals surface area contributed by atoms with Crippen molar-refractivity contribution in [3.63, 3.8) is 0 Å². The van der Waals surface area contributed by atoms with Crippen LogP contribution in [0.3, 0.4) is 0 Å². The van der Waals surface area contributed by atoms with Gasteiger partial charge < -0.3 is 15.2 Å². The van der Waals surface area contributed by atoms with Gasteiger partial charge in [-0.15, -0.1) is 6.58 Å². The van der Waals surface area contributed by atoms with Gasteiger partial charge in [-0.25, -0.2) is 0 Å². The molecule has 1 aromatic rings. The first-order valence-corrected chi connectivity index (χ1v) is 7.77. The lowest BCUT2D eigenvalue weighted by Gasteiger charge is -2.35. The molecule has 0 spiro atoms. The van der Waals surface area contributed by atoms with Crippen molar-refractivity contribution < 1.29 is 9.84 Å². The monoisotopic (exact) mass is 290 g/mol. The Morgan fingerprint density at radius 2 is 2.19 bits per heavy atom. The highest BCUT2D eigenvalue weighted by Crippen LogP contribution is 2.33.